The second-order valence-electron chi connectivity index (χ2n) is 4.88. The molecule has 0 saturated heterocycles. The summed E-state index contributed by atoms with van der Waals surface area (Å²) in [6, 6.07) is 3.97. The topological polar surface area (TPSA) is 41.6 Å². The summed E-state index contributed by atoms with van der Waals surface area (Å²) in [6.07, 6.45) is 4.90. The van der Waals surface area contributed by atoms with Crippen molar-refractivity contribution in [2.45, 2.75) is 32.6 Å². The summed E-state index contributed by atoms with van der Waals surface area (Å²) in [6.45, 7) is 2.33. The smallest absolute Gasteiger partial charge is 0.178 e. The van der Waals surface area contributed by atoms with Crippen molar-refractivity contribution in [2.75, 3.05) is 0 Å². The minimum absolute atomic E-state index is 0.806. The zero-order valence-corrected chi connectivity index (χ0v) is 11.4. The van der Waals surface area contributed by atoms with E-state index in [9.17, 15) is 0 Å². The number of aromatic nitrogens is 3. The van der Waals surface area contributed by atoms with Crippen LogP contribution in [-0.2, 0) is 0 Å². The molecule has 3 nitrogen and oxygen atoms in total. The van der Waals surface area contributed by atoms with Crippen molar-refractivity contribution in [3.05, 3.63) is 28.5 Å². The third-order valence-electron chi connectivity index (χ3n) is 3.52. The summed E-state index contributed by atoms with van der Waals surface area (Å²) in [5, 5.41) is 0. The average Bonchev–Trinajstić information content (AvgIpc) is 2.72. The van der Waals surface area contributed by atoms with E-state index in [4.69, 9.17) is 0 Å². The highest BCUT2D eigenvalue weighted by molar-refractivity contribution is 9.10. The number of hydrogen-bond acceptors (Lipinski definition) is 2. The molecule has 3 rings (SSSR count). The van der Waals surface area contributed by atoms with E-state index in [-0.39, 0.29) is 0 Å². The molecule has 4 heteroatoms. The van der Waals surface area contributed by atoms with Crippen LogP contribution in [0.1, 0.15) is 38.4 Å². The number of nitrogens with one attached hydrogen (secondary N) is 1. The van der Waals surface area contributed by atoms with E-state index in [2.05, 4.69) is 37.8 Å². The Morgan fingerprint density at radius 1 is 1.24 bits per heavy atom. The molecule has 2 aromatic rings. The van der Waals surface area contributed by atoms with E-state index in [0.29, 0.717) is 0 Å². The number of H-pyrrole nitrogens is 1. The molecule has 1 aliphatic rings. The maximum absolute atomic E-state index is 4.59. The predicted octanol–water partition coefficient (Wildman–Crippen LogP) is 3.85. The van der Waals surface area contributed by atoms with Crippen molar-refractivity contribution in [3.8, 4) is 0 Å². The summed E-state index contributed by atoms with van der Waals surface area (Å²) in [5.74, 6) is 3.35. The Bertz CT molecular complexity index is 526. The van der Waals surface area contributed by atoms with Crippen LogP contribution in [0.2, 0.25) is 0 Å². The first kappa shape index (κ1) is 11.2. The molecule has 2 heterocycles. The quantitative estimate of drug-likeness (QED) is 0.811. The Morgan fingerprint density at radius 2 is 2.00 bits per heavy atom. The van der Waals surface area contributed by atoms with Crippen LogP contribution in [0.15, 0.2) is 16.7 Å². The fourth-order valence-electron chi connectivity index (χ4n) is 2.38. The number of halogens is 1. The zero-order chi connectivity index (χ0) is 11.8. The molecule has 89 valence electrons. The Balaban J connectivity index is 1.90. The van der Waals surface area contributed by atoms with Gasteiger partial charge in [-0.1, -0.05) is 6.92 Å². The van der Waals surface area contributed by atoms with Gasteiger partial charge in [0.25, 0.3) is 0 Å². The molecule has 17 heavy (non-hydrogen) atoms. The van der Waals surface area contributed by atoms with Gasteiger partial charge in [-0.3, -0.25) is 0 Å². The summed E-state index contributed by atoms with van der Waals surface area (Å²) in [7, 11) is 0. The first-order valence-corrected chi connectivity index (χ1v) is 6.89. The van der Waals surface area contributed by atoms with Gasteiger partial charge in [-0.2, -0.15) is 0 Å². The van der Waals surface area contributed by atoms with Gasteiger partial charge in [0.2, 0.25) is 0 Å². The number of fused-ring (bicyclic) bond motifs is 1. The monoisotopic (exact) mass is 292 g/mol. The molecule has 0 amide bonds. The molecule has 1 fully saturated rings. The lowest BCUT2D eigenvalue weighted by Gasteiger charge is -2.23. The van der Waals surface area contributed by atoms with Crippen LogP contribution in [-0.4, -0.2) is 15.0 Å². The number of imidazole rings is 1. The number of hydrogen-bond donors (Lipinski definition) is 1. The van der Waals surface area contributed by atoms with E-state index < -0.39 is 0 Å². The standard InChI is InChI=1S/C13H15BrN3/c1-8-2-4-9(5-3-8)12-15-10-6-7-11(14)16-13(10)17-12/h6-8H,2-5H2,1H3,(H,15,16,17). The van der Waals surface area contributed by atoms with E-state index in [0.717, 1.165) is 27.5 Å². The van der Waals surface area contributed by atoms with Gasteiger partial charge in [-0.05, 0) is 59.7 Å². The minimum Gasteiger partial charge on any atom is -0.340 e. The largest absolute Gasteiger partial charge is 0.340 e. The van der Waals surface area contributed by atoms with E-state index >= 15 is 0 Å². The summed E-state index contributed by atoms with van der Waals surface area (Å²) in [5.41, 5.74) is 1.83. The van der Waals surface area contributed by atoms with Crippen molar-refractivity contribution in [1.82, 2.24) is 15.0 Å². The highest BCUT2D eigenvalue weighted by atomic mass is 79.9. The van der Waals surface area contributed by atoms with Crippen LogP contribution in [0.3, 0.4) is 0 Å². The van der Waals surface area contributed by atoms with Crippen LogP contribution in [0.25, 0.3) is 11.2 Å². The zero-order valence-electron chi connectivity index (χ0n) is 9.83. The fraction of sp³-hybridized carbons (Fsp3) is 0.462. The highest BCUT2D eigenvalue weighted by Gasteiger charge is 2.23. The van der Waals surface area contributed by atoms with Crippen LogP contribution in [0.4, 0.5) is 0 Å². The normalized spacial score (nSPS) is 18.9. The Hall–Kier alpha value is -0.900. The third kappa shape index (κ3) is 2.23. The van der Waals surface area contributed by atoms with Crippen molar-refractivity contribution >= 4 is 27.1 Å². The van der Waals surface area contributed by atoms with Crippen molar-refractivity contribution in [3.63, 3.8) is 0 Å². The van der Waals surface area contributed by atoms with Crippen LogP contribution < -0.4 is 0 Å². The average molecular weight is 293 g/mol. The molecule has 0 aliphatic heterocycles. The Kier molecular flexibility index (Phi) is 2.90. The summed E-state index contributed by atoms with van der Waals surface area (Å²) >= 11 is 3.37. The highest BCUT2D eigenvalue weighted by Crippen LogP contribution is 2.33. The van der Waals surface area contributed by atoms with Crippen LogP contribution in [0, 0.1) is 11.8 Å². The second kappa shape index (κ2) is 4.41. The molecule has 1 aliphatic carbocycles. The lowest BCUT2D eigenvalue weighted by Crippen LogP contribution is -2.12. The molecule has 2 aromatic heterocycles. The van der Waals surface area contributed by atoms with Crippen molar-refractivity contribution in [2.24, 2.45) is 5.92 Å². The molecular weight excluding hydrogens is 278 g/mol. The number of rotatable bonds is 1. The Labute approximate surface area is 109 Å². The number of aromatic amines is 1. The maximum atomic E-state index is 4.59. The van der Waals surface area contributed by atoms with Gasteiger partial charge in [-0.15, -0.1) is 0 Å². The van der Waals surface area contributed by atoms with E-state index in [1.807, 2.05) is 12.1 Å². The molecule has 0 spiro atoms. The lowest BCUT2D eigenvalue weighted by atomic mass is 9.83. The second-order valence-corrected chi connectivity index (χ2v) is 5.69. The molecular formula is C13H15BrN3. The SMILES string of the molecule is CC1CC[C](c2nc3nc(Br)ccc3[nH]2)CC1. The van der Waals surface area contributed by atoms with Crippen molar-refractivity contribution in [1.29, 1.82) is 0 Å². The summed E-state index contributed by atoms with van der Waals surface area (Å²) < 4.78 is 0.838. The molecule has 0 unspecified atom stereocenters. The van der Waals surface area contributed by atoms with Crippen LogP contribution in [0.5, 0.6) is 0 Å². The first-order valence-electron chi connectivity index (χ1n) is 6.10. The van der Waals surface area contributed by atoms with Gasteiger partial charge < -0.3 is 4.98 Å². The molecule has 1 radical (unpaired) electrons. The molecule has 0 aromatic carbocycles. The van der Waals surface area contributed by atoms with Gasteiger partial charge in [-0.25, -0.2) is 9.97 Å². The fourth-order valence-corrected chi connectivity index (χ4v) is 2.68. The van der Waals surface area contributed by atoms with Crippen molar-refractivity contribution < 1.29 is 0 Å². The molecule has 1 N–H and O–H groups in total. The lowest BCUT2D eigenvalue weighted by molar-refractivity contribution is 0.412. The van der Waals surface area contributed by atoms with Gasteiger partial charge in [0.05, 0.1) is 5.52 Å². The predicted molar refractivity (Wildman–Crippen MR) is 71.6 cm³/mol. The summed E-state index contributed by atoms with van der Waals surface area (Å²) in [4.78, 5) is 12.3. The van der Waals surface area contributed by atoms with Gasteiger partial charge in [0.15, 0.2) is 5.65 Å². The van der Waals surface area contributed by atoms with Crippen LogP contribution >= 0.6 is 15.9 Å². The Morgan fingerprint density at radius 3 is 2.76 bits per heavy atom. The number of nitrogens with zero attached hydrogens (tertiary/aromatic N) is 2. The van der Waals surface area contributed by atoms with E-state index in [1.165, 1.54) is 31.6 Å². The van der Waals surface area contributed by atoms with Gasteiger partial charge >= 0.3 is 0 Å². The van der Waals surface area contributed by atoms with E-state index in [1.54, 1.807) is 0 Å². The maximum Gasteiger partial charge on any atom is 0.178 e. The van der Waals surface area contributed by atoms with Gasteiger partial charge in [0.1, 0.15) is 10.4 Å². The molecule has 1 saturated carbocycles. The third-order valence-corrected chi connectivity index (χ3v) is 3.97. The molecule has 0 bridgehead atoms. The number of pyridine rings is 1. The first-order chi connectivity index (χ1) is 8.22. The van der Waals surface area contributed by atoms with Gasteiger partial charge in [0, 0.05) is 5.92 Å². The molecule has 0 atom stereocenters. The minimum atomic E-state index is 0.806.